The van der Waals surface area contributed by atoms with Crippen molar-refractivity contribution in [2.45, 2.75) is 45.1 Å². The molecular weight excluding hydrogens is 410 g/mol. The van der Waals surface area contributed by atoms with E-state index in [1.54, 1.807) is 10.4 Å². The van der Waals surface area contributed by atoms with Gasteiger partial charge in [0.05, 0.1) is 16.3 Å². The van der Waals surface area contributed by atoms with Crippen LogP contribution < -0.4 is 14.7 Å². The zero-order valence-electron chi connectivity index (χ0n) is 18.7. The van der Waals surface area contributed by atoms with Gasteiger partial charge in [-0.3, -0.25) is 4.31 Å². The molecule has 0 aliphatic carbocycles. The van der Waals surface area contributed by atoms with Crippen LogP contribution in [0.25, 0.3) is 0 Å². The van der Waals surface area contributed by atoms with Crippen molar-refractivity contribution in [1.29, 1.82) is 0 Å². The van der Waals surface area contributed by atoms with Gasteiger partial charge in [-0.2, -0.15) is 0 Å². The Morgan fingerprint density at radius 1 is 1.16 bits per heavy atom. The Morgan fingerprint density at radius 3 is 2.65 bits per heavy atom. The summed E-state index contributed by atoms with van der Waals surface area (Å²) in [6.07, 6.45) is 2.14. The van der Waals surface area contributed by atoms with Crippen LogP contribution >= 0.6 is 0 Å². The Kier molecular flexibility index (Phi) is 6.55. The molecular formula is C24H33N3O3S. The molecule has 0 unspecified atom stereocenters. The molecule has 7 heteroatoms. The van der Waals surface area contributed by atoms with Gasteiger partial charge in [0.1, 0.15) is 0 Å². The summed E-state index contributed by atoms with van der Waals surface area (Å²) in [5, 5.41) is 2.17. The van der Waals surface area contributed by atoms with Crippen molar-refractivity contribution in [1.82, 2.24) is 5.43 Å². The van der Waals surface area contributed by atoms with Gasteiger partial charge in [0.25, 0.3) is 10.0 Å². The van der Waals surface area contributed by atoms with Gasteiger partial charge in [-0.25, -0.2) is 13.8 Å². The van der Waals surface area contributed by atoms with Gasteiger partial charge in [0.2, 0.25) is 0 Å². The minimum atomic E-state index is -3.66. The van der Waals surface area contributed by atoms with Gasteiger partial charge in [0, 0.05) is 32.8 Å². The van der Waals surface area contributed by atoms with Crippen LogP contribution in [0.1, 0.15) is 37.8 Å². The van der Waals surface area contributed by atoms with E-state index >= 15 is 0 Å². The molecule has 6 nitrogen and oxygen atoms in total. The van der Waals surface area contributed by atoms with Gasteiger partial charge >= 0.3 is 0 Å². The Balaban J connectivity index is 1.60. The number of rotatable bonds is 7. The van der Waals surface area contributed by atoms with Crippen LogP contribution in [-0.4, -0.2) is 34.7 Å². The normalized spacial score (nSPS) is 17.2. The summed E-state index contributed by atoms with van der Waals surface area (Å²) < 4.78 is 34.3. The third-order valence-electron chi connectivity index (χ3n) is 5.99. The second-order valence-corrected chi connectivity index (χ2v) is 10.9. The molecule has 31 heavy (non-hydrogen) atoms. The molecule has 0 aromatic heterocycles. The van der Waals surface area contributed by atoms with E-state index in [2.05, 4.69) is 10.4 Å². The number of ether oxygens (including phenoxy) is 1. The summed E-state index contributed by atoms with van der Waals surface area (Å²) in [6, 6.07) is 13.2. The number of fused-ring (bicyclic) bond motifs is 1. The maximum Gasteiger partial charge on any atom is 0.264 e. The number of nitrogens with zero attached hydrogens (tertiary/aromatic N) is 2. The Labute approximate surface area is 186 Å². The lowest BCUT2D eigenvalue weighted by molar-refractivity contribution is 0.0677. The molecule has 1 fully saturated rings. The minimum absolute atomic E-state index is 0.210. The van der Waals surface area contributed by atoms with Crippen molar-refractivity contribution in [3.63, 3.8) is 0 Å². The van der Waals surface area contributed by atoms with E-state index in [0.717, 1.165) is 49.4 Å². The van der Waals surface area contributed by atoms with Crippen LogP contribution in [-0.2, 0) is 21.3 Å². The van der Waals surface area contributed by atoms with E-state index in [-0.39, 0.29) is 5.92 Å². The standard InChI is InChI=1S/C24H33N3O3S/c1-18(2)16-27(22-6-4-5-19(3)13-22)31(28,29)23-7-8-24-21(14-23)15-25-26(24)17-20-9-11-30-12-10-20/h4-8,13-14,18,20,25H,9-12,15-17H2,1-3H3. The zero-order chi connectivity index (χ0) is 22.0. The van der Waals surface area contributed by atoms with Gasteiger partial charge < -0.3 is 9.75 Å². The lowest BCUT2D eigenvalue weighted by atomic mass is 10.00. The van der Waals surface area contributed by atoms with Crippen molar-refractivity contribution in [2.24, 2.45) is 11.8 Å². The molecule has 2 aliphatic heterocycles. The number of hydrazine groups is 1. The number of aryl methyl sites for hydroxylation is 1. The van der Waals surface area contributed by atoms with Crippen LogP contribution in [0.3, 0.4) is 0 Å². The van der Waals surface area contributed by atoms with Gasteiger partial charge in [-0.15, -0.1) is 0 Å². The number of hydrogen-bond donors (Lipinski definition) is 1. The van der Waals surface area contributed by atoms with Gasteiger partial charge in [0.15, 0.2) is 0 Å². The third kappa shape index (κ3) is 4.89. The summed E-state index contributed by atoms with van der Waals surface area (Å²) in [4.78, 5) is 0.350. The average molecular weight is 444 g/mol. The van der Waals surface area contributed by atoms with Crippen LogP contribution in [0, 0.1) is 18.8 Å². The molecule has 168 valence electrons. The Bertz CT molecular complexity index is 1020. The number of benzene rings is 2. The monoisotopic (exact) mass is 443 g/mol. The molecule has 2 aliphatic rings. The zero-order valence-corrected chi connectivity index (χ0v) is 19.5. The van der Waals surface area contributed by atoms with Gasteiger partial charge in [-0.1, -0.05) is 26.0 Å². The first kappa shape index (κ1) is 22.1. The first-order chi connectivity index (χ1) is 14.8. The fourth-order valence-corrected chi connectivity index (χ4v) is 6.00. The topological polar surface area (TPSA) is 61.9 Å². The summed E-state index contributed by atoms with van der Waals surface area (Å²) >= 11 is 0. The molecule has 0 spiro atoms. The smallest absolute Gasteiger partial charge is 0.264 e. The molecule has 0 saturated carbocycles. The summed E-state index contributed by atoms with van der Waals surface area (Å²) in [5.74, 6) is 0.805. The van der Waals surface area contributed by atoms with Crippen molar-refractivity contribution < 1.29 is 13.2 Å². The van der Waals surface area contributed by atoms with E-state index in [1.165, 1.54) is 0 Å². The molecule has 1 N–H and O–H groups in total. The van der Waals surface area contributed by atoms with Crippen molar-refractivity contribution in [3.8, 4) is 0 Å². The van der Waals surface area contributed by atoms with Crippen molar-refractivity contribution >= 4 is 21.4 Å². The highest BCUT2D eigenvalue weighted by atomic mass is 32.2. The fraction of sp³-hybridized carbons (Fsp3) is 0.500. The van der Waals surface area contributed by atoms with E-state index in [4.69, 9.17) is 4.74 Å². The first-order valence-electron chi connectivity index (χ1n) is 11.2. The Morgan fingerprint density at radius 2 is 1.94 bits per heavy atom. The summed E-state index contributed by atoms with van der Waals surface area (Å²) in [6.45, 7) is 9.73. The molecule has 0 amide bonds. The van der Waals surface area contributed by atoms with Crippen LogP contribution in [0.2, 0.25) is 0 Å². The Hall–Kier alpha value is -2.09. The summed E-state index contributed by atoms with van der Waals surface area (Å²) in [7, 11) is -3.66. The SMILES string of the molecule is Cc1cccc(N(CC(C)C)S(=O)(=O)c2ccc3c(c2)CNN3CC2CCOCC2)c1. The van der Waals surface area contributed by atoms with E-state index in [9.17, 15) is 8.42 Å². The number of anilines is 2. The van der Waals surface area contributed by atoms with Gasteiger partial charge in [-0.05, 0) is 73.1 Å². The van der Waals surface area contributed by atoms with Crippen molar-refractivity contribution in [2.75, 3.05) is 35.6 Å². The highest BCUT2D eigenvalue weighted by Crippen LogP contribution is 2.32. The maximum absolute atomic E-state index is 13.7. The fourth-order valence-electron chi connectivity index (χ4n) is 4.33. The van der Waals surface area contributed by atoms with Crippen LogP contribution in [0.4, 0.5) is 11.4 Å². The van der Waals surface area contributed by atoms with Crippen LogP contribution in [0.15, 0.2) is 47.4 Å². The second kappa shape index (κ2) is 9.18. The predicted molar refractivity (Wildman–Crippen MR) is 125 cm³/mol. The highest BCUT2D eigenvalue weighted by Gasteiger charge is 2.29. The number of sulfonamides is 1. The van der Waals surface area contributed by atoms with Crippen molar-refractivity contribution in [3.05, 3.63) is 53.6 Å². The number of nitrogens with one attached hydrogen (secondary N) is 1. The van der Waals surface area contributed by atoms with E-state index < -0.39 is 10.0 Å². The molecule has 0 atom stereocenters. The molecule has 4 rings (SSSR count). The molecule has 0 bridgehead atoms. The van der Waals surface area contributed by atoms with Crippen LogP contribution in [0.5, 0.6) is 0 Å². The minimum Gasteiger partial charge on any atom is -0.381 e. The lowest BCUT2D eigenvalue weighted by Gasteiger charge is -2.29. The first-order valence-corrected chi connectivity index (χ1v) is 12.6. The largest absolute Gasteiger partial charge is 0.381 e. The summed E-state index contributed by atoms with van der Waals surface area (Å²) in [5.41, 5.74) is 7.30. The second-order valence-electron chi connectivity index (χ2n) is 9.06. The molecule has 1 saturated heterocycles. The molecule has 2 aromatic carbocycles. The molecule has 0 radical (unpaired) electrons. The molecule has 2 heterocycles. The third-order valence-corrected chi connectivity index (χ3v) is 7.78. The molecule has 2 aromatic rings. The predicted octanol–water partition coefficient (Wildman–Crippen LogP) is 4.10. The van der Waals surface area contributed by atoms with E-state index in [1.807, 2.05) is 57.2 Å². The highest BCUT2D eigenvalue weighted by molar-refractivity contribution is 7.92. The van der Waals surface area contributed by atoms with E-state index in [0.29, 0.717) is 29.6 Å². The maximum atomic E-state index is 13.7. The number of hydrogen-bond acceptors (Lipinski definition) is 5. The quantitative estimate of drug-likeness (QED) is 0.698. The lowest BCUT2D eigenvalue weighted by Crippen LogP contribution is -2.38. The average Bonchev–Trinajstić information content (AvgIpc) is 3.14.